The topological polar surface area (TPSA) is 36.9 Å². The predicted molar refractivity (Wildman–Crippen MR) is 68.2 cm³/mol. The summed E-state index contributed by atoms with van der Waals surface area (Å²) in [5.41, 5.74) is 0. The van der Waals surface area contributed by atoms with E-state index in [1.165, 1.54) is 0 Å². The minimum atomic E-state index is -2.36. The number of hydrogen-bond donors (Lipinski definition) is 1. The highest BCUT2D eigenvalue weighted by Crippen LogP contribution is 2.18. The van der Waals surface area contributed by atoms with Crippen molar-refractivity contribution < 1.29 is 13.5 Å². The predicted octanol–water partition coefficient (Wildman–Crippen LogP) is 1.58. The van der Waals surface area contributed by atoms with Crippen molar-refractivity contribution in [3.8, 4) is 0 Å². The Morgan fingerprint density at radius 1 is 1.44 bits per heavy atom. The molecule has 0 aromatic carbocycles. The number of halogens is 2. The normalized spacial score (nSPS) is 18.2. The van der Waals surface area contributed by atoms with Crippen molar-refractivity contribution in [1.82, 2.24) is 10.2 Å². The second kappa shape index (κ2) is 8.24. The molecule has 0 unspecified atom stereocenters. The lowest BCUT2D eigenvalue weighted by Gasteiger charge is -2.26. The van der Waals surface area contributed by atoms with Crippen molar-refractivity contribution in [3.05, 3.63) is 0 Å². The molecule has 4 nitrogen and oxygen atoms in total. The van der Waals surface area contributed by atoms with E-state index in [9.17, 15) is 8.78 Å². The average molecular weight is 263 g/mol. The molecule has 0 bridgehead atoms. The van der Waals surface area contributed by atoms with E-state index in [-0.39, 0.29) is 6.54 Å². The monoisotopic (exact) mass is 263 g/mol. The van der Waals surface area contributed by atoms with E-state index in [4.69, 9.17) is 4.74 Å². The molecule has 106 valence electrons. The van der Waals surface area contributed by atoms with E-state index in [1.807, 2.05) is 11.9 Å². The minimum Gasteiger partial charge on any atom is -0.381 e. The number of nitrogens with one attached hydrogen (secondary N) is 1. The molecule has 1 aliphatic heterocycles. The molecule has 0 amide bonds. The summed E-state index contributed by atoms with van der Waals surface area (Å²) in [5.74, 6) is 1.21. The van der Waals surface area contributed by atoms with Crippen LogP contribution in [0.25, 0.3) is 0 Å². The third kappa shape index (κ3) is 5.62. The van der Waals surface area contributed by atoms with Crippen LogP contribution in [0, 0.1) is 5.92 Å². The molecular weight excluding hydrogens is 240 g/mol. The molecule has 0 atom stereocenters. The third-order valence-corrected chi connectivity index (χ3v) is 3.20. The van der Waals surface area contributed by atoms with Gasteiger partial charge in [-0.2, -0.15) is 0 Å². The maximum Gasteiger partial charge on any atom is 0.255 e. The number of guanidine groups is 1. The number of alkyl halides is 2. The van der Waals surface area contributed by atoms with E-state index >= 15 is 0 Å². The summed E-state index contributed by atoms with van der Waals surface area (Å²) in [4.78, 5) is 5.90. The van der Waals surface area contributed by atoms with Crippen molar-refractivity contribution in [3.63, 3.8) is 0 Å². The zero-order valence-electron chi connectivity index (χ0n) is 11.2. The molecule has 0 aromatic rings. The summed E-state index contributed by atoms with van der Waals surface area (Å²) in [6.45, 7) is 2.15. The van der Waals surface area contributed by atoms with E-state index in [0.717, 1.165) is 39.0 Å². The number of aliphatic imine (C=N–C) groups is 1. The summed E-state index contributed by atoms with van der Waals surface area (Å²) in [5, 5.41) is 2.66. The van der Waals surface area contributed by atoms with Gasteiger partial charge in [-0.1, -0.05) is 0 Å². The maximum atomic E-state index is 12.1. The van der Waals surface area contributed by atoms with Crippen LogP contribution in [0.4, 0.5) is 8.78 Å². The van der Waals surface area contributed by atoms with E-state index in [0.29, 0.717) is 11.9 Å². The Labute approximate surface area is 107 Å². The summed E-state index contributed by atoms with van der Waals surface area (Å²) < 4.78 is 29.6. The molecule has 0 aliphatic carbocycles. The molecular formula is C12H23F2N3O. The van der Waals surface area contributed by atoms with Gasteiger partial charge in [-0.25, -0.2) is 8.78 Å². The zero-order chi connectivity index (χ0) is 13.4. The molecule has 18 heavy (non-hydrogen) atoms. The van der Waals surface area contributed by atoms with Crippen LogP contribution >= 0.6 is 0 Å². The summed E-state index contributed by atoms with van der Waals surface area (Å²) in [7, 11) is 3.49. The van der Waals surface area contributed by atoms with Gasteiger partial charge in [0.1, 0.15) is 0 Å². The Bertz CT molecular complexity index is 256. The first-order chi connectivity index (χ1) is 8.63. The van der Waals surface area contributed by atoms with Crippen LogP contribution in [0.5, 0.6) is 0 Å². The summed E-state index contributed by atoms with van der Waals surface area (Å²) >= 11 is 0. The Hall–Kier alpha value is -0.910. The fourth-order valence-electron chi connectivity index (χ4n) is 2.07. The Morgan fingerprint density at radius 2 is 2.11 bits per heavy atom. The Balaban J connectivity index is 2.26. The van der Waals surface area contributed by atoms with Gasteiger partial charge in [-0.15, -0.1) is 0 Å². The van der Waals surface area contributed by atoms with Gasteiger partial charge >= 0.3 is 0 Å². The van der Waals surface area contributed by atoms with Gasteiger partial charge in [0.2, 0.25) is 0 Å². The van der Waals surface area contributed by atoms with Crippen molar-refractivity contribution in [2.45, 2.75) is 25.7 Å². The highest BCUT2D eigenvalue weighted by Gasteiger charge is 2.15. The summed E-state index contributed by atoms with van der Waals surface area (Å²) in [6, 6.07) is 0. The summed E-state index contributed by atoms with van der Waals surface area (Å²) in [6.07, 6.45) is 0.883. The van der Waals surface area contributed by atoms with Crippen molar-refractivity contribution in [2.75, 3.05) is 40.4 Å². The standard InChI is InChI=1S/C12H23F2N3O/c1-15-12(16-9-11(13)14)17(2)6-3-10-4-7-18-8-5-10/h10-11H,3-9H2,1-2H3,(H,15,16). The number of nitrogens with zero attached hydrogens (tertiary/aromatic N) is 2. The quantitative estimate of drug-likeness (QED) is 0.604. The van der Waals surface area contributed by atoms with Gasteiger partial charge in [0.05, 0.1) is 6.54 Å². The lowest BCUT2D eigenvalue weighted by atomic mass is 9.96. The second-order valence-corrected chi connectivity index (χ2v) is 4.59. The van der Waals surface area contributed by atoms with Gasteiger partial charge in [0, 0.05) is 33.9 Å². The molecule has 1 rings (SSSR count). The second-order valence-electron chi connectivity index (χ2n) is 4.59. The SMILES string of the molecule is CN=C(NCC(F)F)N(C)CCC1CCOCC1. The van der Waals surface area contributed by atoms with Crippen LogP contribution in [-0.4, -0.2) is 57.7 Å². The van der Waals surface area contributed by atoms with Crippen molar-refractivity contribution in [1.29, 1.82) is 0 Å². The highest BCUT2D eigenvalue weighted by atomic mass is 19.3. The molecule has 1 saturated heterocycles. The van der Waals surface area contributed by atoms with Crippen LogP contribution in [0.2, 0.25) is 0 Å². The lowest BCUT2D eigenvalue weighted by Crippen LogP contribution is -2.41. The fourth-order valence-corrected chi connectivity index (χ4v) is 2.07. The van der Waals surface area contributed by atoms with Crippen molar-refractivity contribution in [2.24, 2.45) is 10.9 Å². The van der Waals surface area contributed by atoms with Gasteiger partial charge in [-0.3, -0.25) is 4.99 Å². The largest absolute Gasteiger partial charge is 0.381 e. The molecule has 0 spiro atoms. The lowest BCUT2D eigenvalue weighted by molar-refractivity contribution is 0.0625. The number of hydrogen-bond acceptors (Lipinski definition) is 2. The number of rotatable bonds is 5. The van der Waals surface area contributed by atoms with E-state index in [1.54, 1.807) is 7.05 Å². The third-order valence-electron chi connectivity index (χ3n) is 3.20. The molecule has 1 N–H and O–H groups in total. The molecule has 0 saturated carbocycles. The maximum absolute atomic E-state index is 12.1. The molecule has 1 aliphatic rings. The van der Waals surface area contributed by atoms with Crippen LogP contribution in [0.1, 0.15) is 19.3 Å². The molecule has 0 radical (unpaired) electrons. The molecule has 0 aromatic heterocycles. The van der Waals surface area contributed by atoms with Crippen molar-refractivity contribution >= 4 is 5.96 Å². The van der Waals surface area contributed by atoms with Crippen LogP contribution in [-0.2, 0) is 4.74 Å². The smallest absolute Gasteiger partial charge is 0.255 e. The highest BCUT2D eigenvalue weighted by molar-refractivity contribution is 5.79. The first kappa shape index (κ1) is 15.1. The average Bonchev–Trinajstić information content (AvgIpc) is 2.38. The van der Waals surface area contributed by atoms with Crippen LogP contribution in [0.3, 0.4) is 0 Å². The Kier molecular flexibility index (Phi) is 6.93. The van der Waals surface area contributed by atoms with Gasteiger partial charge in [-0.05, 0) is 25.2 Å². The van der Waals surface area contributed by atoms with E-state index < -0.39 is 6.43 Å². The fraction of sp³-hybridized carbons (Fsp3) is 0.917. The van der Waals surface area contributed by atoms with E-state index in [2.05, 4.69) is 10.3 Å². The molecule has 1 fully saturated rings. The van der Waals surface area contributed by atoms with Gasteiger partial charge in [0.15, 0.2) is 5.96 Å². The van der Waals surface area contributed by atoms with Crippen LogP contribution < -0.4 is 5.32 Å². The first-order valence-electron chi connectivity index (χ1n) is 6.41. The van der Waals surface area contributed by atoms with Gasteiger partial charge < -0.3 is 15.0 Å². The molecule has 6 heteroatoms. The molecule has 1 heterocycles. The van der Waals surface area contributed by atoms with Gasteiger partial charge in [0.25, 0.3) is 6.43 Å². The minimum absolute atomic E-state index is 0.353. The number of ether oxygens (including phenoxy) is 1. The first-order valence-corrected chi connectivity index (χ1v) is 6.41. The zero-order valence-corrected chi connectivity index (χ0v) is 11.2. The van der Waals surface area contributed by atoms with Crippen LogP contribution in [0.15, 0.2) is 4.99 Å². The Morgan fingerprint density at radius 3 is 2.67 bits per heavy atom.